The zero-order valence-electron chi connectivity index (χ0n) is 12.7. The van der Waals surface area contributed by atoms with Crippen molar-refractivity contribution >= 4 is 23.2 Å². The molecular weight excluding hydrogens is 266 g/mol. The van der Waals surface area contributed by atoms with Crippen LogP contribution >= 0.6 is 0 Å². The highest BCUT2D eigenvalue weighted by atomic mass is 16.2. The van der Waals surface area contributed by atoms with Gasteiger partial charge in [0.25, 0.3) is 5.91 Å². The molecule has 2 fully saturated rings. The number of amides is 2. The van der Waals surface area contributed by atoms with Gasteiger partial charge in [-0.1, -0.05) is 6.07 Å². The fourth-order valence-corrected chi connectivity index (χ4v) is 2.96. The fourth-order valence-electron chi connectivity index (χ4n) is 2.96. The maximum atomic E-state index is 12.9. The number of hydrogen-bond donors (Lipinski definition) is 1. The number of benzene rings is 1. The predicted molar refractivity (Wildman–Crippen MR) is 82.4 cm³/mol. The second kappa shape index (κ2) is 4.76. The Morgan fingerprint density at radius 2 is 2.00 bits per heavy atom. The molecule has 1 heterocycles. The summed E-state index contributed by atoms with van der Waals surface area (Å²) in [5.41, 5.74) is 1.05. The van der Waals surface area contributed by atoms with E-state index in [0.717, 1.165) is 24.2 Å². The number of carbonyl (C=O) groups excluding carboxylic acids is 2. The summed E-state index contributed by atoms with van der Waals surface area (Å²) in [6, 6.07) is 7.73. The van der Waals surface area contributed by atoms with Crippen LogP contribution in [0.2, 0.25) is 0 Å². The highest BCUT2D eigenvalue weighted by Gasteiger charge is 2.52. The summed E-state index contributed by atoms with van der Waals surface area (Å²) in [7, 11) is 3.91. The molecule has 21 heavy (non-hydrogen) atoms. The molecule has 2 aliphatic rings. The molecule has 1 atom stereocenters. The summed E-state index contributed by atoms with van der Waals surface area (Å²) >= 11 is 0. The first-order chi connectivity index (χ1) is 9.91. The molecule has 0 spiro atoms. The largest absolute Gasteiger partial charge is 0.378 e. The molecule has 0 aromatic heterocycles. The molecule has 1 aliphatic heterocycles. The summed E-state index contributed by atoms with van der Waals surface area (Å²) in [6.07, 6.45) is 2.02. The Bertz CT molecular complexity index is 595. The van der Waals surface area contributed by atoms with E-state index in [-0.39, 0.29) is 24.3 Å². The first-order valence-corrected chi connectivity index (χ1v) is 7.32. The molecule has 112 valence electrons. The van der Waals surface area contributed by atoms with Crippen molar-refractivity contribution in [2.24, 2.45) is 5.92 Å². The number of anilines is 2. The third-order valence-electron chi connectivity index (χ3n) is 4.44. The van der Waals surface area contributed by atoms with Gasteiger partial charge in [-0.15, -0.1) is 0 Å². The third kappa shape index (κ3) is 2.37. The Balaban J connectivity index is 1.95. The minimum absolute atomic E-state index is 0.000469. The van der Waals surface area contributed by atoms with E-state index in [1.54, 1.807) is 4.90 Å². The fraction of sp³-hybridized carbons (Fsp3) is 0.500. The van der Waals surface area contributed by atoms with Crippen LogP contribution in [0.15, 0.2) is 24.3 Å². The summed E-state index contributed by atoms with van der Waals surface area (Å²) in [5, 5.41) is 2.90. The molecular formula is C16H21N3O2. The van der Waals surface area contributed by atoms with E-state index < -0.39 is 5.54 Å². The summed E-state index contributed by atoms with van der Waals surface area (Å²) in [5.74, 6) is 0.188. The van der Waals surface area contributed by atoms with Crippen LogP contribution in [-0.2, 0) is 9.59 Å². The van der Waals surface area contributed by atoms with Gasteiger partial charge < -0.3 is 15.1 Å². The van der Waals surface area contributed by atoms with Gasteiger partial charge in [-0.2, -0.15) is 0 Å². The van der Waals surface area contributed by atoms with Crippen LogP contribution in [0.5, 0.6) is 0 Å². The quantitative estimate of drug-likeness (QED) is 0.914. The summed E-state index contributed by atoms with van der Waals surface area (Å²) in [6.45, 7) is 1.95. The maximum Gasteiger partial charge on any atom is 0.253 e. The number of rotatable bonds is 3. The first-order valence-electron chi connectivity index (χ1n) is 7.32. The van der Waals surface area contributed by atoms with E-state index in [0.29, 0.717) is 0 Å². The second-order valence-electron chi connectivity index (χ2n) is 6.33. The topological polar surface area (TPSA) is 52.6 Å². The minimum atomic E-state index is -0.747. The summed E-state index contributed by atoms with van der Waals surface area (Å²) < 4.78 is 0. The van der Waals surface area contributed by atoms with Crippen LogP contribution in [0.1, 0.15) is 19.8 Å². The van der Waals surface area contributed by atoms with Crippen LogP contribution in [-0.4, -0.2) is 38.0 Å². The van der Waals surface area contributed by atoms with E-state index in [4.69, 9.17) is 0 Å². The van der Waals surface area contributed by atoms with Crippen molar-refractivity contribution in [2.45, 2.75) is 25.3 Å². The van der Waals surface area contributed by atoms with Crippen molar-refractivity contribution in [2.75, 3.05) is 30.4 Å². The first kappa shape index (κ1) is 13.9. The van der Waals surface area contributed by atoms with Crippen molar-refractivity contribution < 1.29 is 9.59 Å². The van der Waals surface area contributed by atoms with Crippen molar-refractivity contribution in [3.05, 3.63) is 24.3 Å². The lowest BCUT2D eigenvalue weighted by molar-refractivity contribution is -0.136. The predicted octanol–water partition coefficient (Wildman–Crippen LogP) is 1.38. The van der Waals surface area contributed by atoms with Gasteiger partial charge in [0, 0.05) is 25.5 Å². The normalized spacial score (nSPS) is 25.8. The molecule has 0 bridgehead atoms. The van der Waals surface area contributed by atoms with Crippen molar-refractivity contribution in [1.82, 2.24) is 5.32 Å². The molecule has 5 heteroatoms. The monoisotopic (exact) mass is 287 g/mol. The average molecular weight is 287 g/mol. The smallest absolute Gasteiger partial charge is 0.253 e. The molecule has 5 nitrogen and oxygen atoms in total. The van der Waals surface area contributed by atoms with Gasteiger partial charge in [0.05, 0.1) is 0 Å². The van der Waals surface area contributed by atoms with Gasteiger partial charge in [0.1, 0.15) is 12.1 Å². The van der Waals surface area contributed by atoms with E-state index in [9.17, 15) is 9.59 Å². The van der Waals surface area contributed by atoms with Gasteiger partial charge in [-0.3, -0.25) is 9.59 Å². The molecule has 1 saturated heterocycles. The zero-order chi connectivity index (χ0) is 15.2. The van der Waals surface area contributed by atoms with E-state index in [1.807, 2.05) is 50.2 Å². The second-order valence-corrected chi connectivity index (χ2v) is 6.33. The molecule has 2 amide bonds. The van der Waals surface area contributed by atoms with E-state index in [2.05, 4.69) is 5.32 Å². The van der Waals surface area contributed by atoms with Gasteiger partial charge >= 0.3 is 0 Å². The molecule has 1 aromatic carbocycles. The molecule has 1 saturated carbocycles. The van der Waals surface area contributed by atoms with Crippen LogP contribution in [0.4, 0.5) is 11.4 Å². The Morgan fingerprint density at radius 1 is 1.29 bits per heavy atom. The Labute approximate surface area is 124 Å². The molecule has 3 rings (SSSR count). The van der Waals surface area contributed by atoms with E-state index in [1.165, 1.54) is 0 Å². The molecule has 1 aliphatic carbocycles. The average Bonchev–Trinajstić information content (AvgIpc) is 3.28. The molecule has 1 aromatic rings. The van der Waals surface area contributed by atoms with Crippen molar-refractivity contribution in [1.29, 1.82) is 0 Å². The van der Waals surface area contributed by atoms with Gasteiger partial charge in [0.15, 0.2) is 0 Å². The molecule has 1 unspecified atom stereocenters. The zero-order valence-corrected chi connectivity index (χ0v) is 12.7. The van der Waals surface area contributed by atoms with Crippen molar-refractivity contribution in [3.63, 3.8) is 0 Å². The van der Waals surface area contributed by atoms with Crippen molar-refractivity contribution in [3.8, 4) is 0 Å². The lowest BCUT2D eigenvalue weighted by Gasteiger charge is -2.40. The Kier molecular flexibility index (Phi) is 3.15. The number of hydrogen-bond acceptors (Lipinski definition) is 3. The van der Waals surface area contributed by atoms with Gasteiger partial charge in [-0.05, 0) is 43.9 Å². The van der Waals surface area contributed by atoms with E-state index >= 15 is 0 Å². The number of piperazine rings is 1. The van der Waals surface area contributed by atoms with Crippen LogP contribution < -0.4 is 15.1 Å². The van der Waals surface area contributed by atoms with Crippen LogP contribution in [0, 0.1) is 5.92 Å². The van der Waals surface area contributed by atoms with Crippen LogP contribution in [0.25, 0.3) is 0 Å². The molecule has 0 radical (unpaired) electrons. The standard InChI is InChI=1S/C16H21N3O2/c1-16(11-7-8-11)15(21)19(10-14(20)17-16)13-6-4-5-12(9-13)18(2)3/h4-6,9,11H,7-8,10H2,1-3H3,(H,17,20). The number of nitrogens with one attached hydrogen (secondary N) is 1. The third-order valence-corrected chi connectivity index (χ3v) is 4.44. The van der Waals surface area contributed by atoms with Gasteiger partial charge in [-0.25, -0.2) is 0 Å². The summed E-state index contributed by atoms with van der Waals surface area (Å²) in [4.78, 5) is 28.5. The lowest BCUT2D eigenvalue weighted by Crippen LogP contribution is -2.66. The minimum Gasteiger partial charge on any atom is -0.378 e. The lowest BCUT2D eigenvalue weighted by atomic mass is 9.91. The number of nitrogens with zero attached hydrogens (tertiary/aromatic N) is 2. The highest BCUT2D eigenvalue weighted by molar-refractivity contribution is 6.09. The highest BCUT2D eigenvalue weighted by Crippen LogP contribution is 2.42. The van der Waals surface area contributed by atoms with Crippen LogP contribution in [0.3, 0.4) is 0 Å². The molecule has 1 N–H and O–H groups in total. The number of carbonyl (C=O) groups is 2. The maximum absolute atomic E-state index is 12.9. The Hall–Kier alpha value is -2.04. The Morgan fingerprint density at radius 3 is 2.62 bits per heavy atom. The SMILES string of the molecule is CN(C)c1cccc(N2CC(=O)NC(C)(C3CC3)C2=O)c1. The van der Waals surface area contributed by atoms with Gasteiger partial charge in [0.2, 0.25) is 5.91 Å².